The van der Waals surface area contributed by atoms with E-state index in [0.29, 0.717) is 28.1 Å². The lowest BCUT2D eigenvalue weighted by Crippen LogP contribution is -2.15. The summed E-state index contributed by atoms with van der Waals surface area (Å²) in [6.45, 7) is 3.23. The van der Waals surface area contributed by atoms with Gasteiger partial charge in [-0.1, -0.05) is 13.0 Å². The lowest BCUT2D eigenvalue weighted by atomic mass is 10.2. The van der Waals surface area contributed by atoms with E-state index >= 15 is 0 Å². The molecule has 0 heterocycles. The van der Waals surface area contributed by atoms with Gasteiger partial charge in [-0.25, -0.2) is 8.78 Å². The minimum Gasteiger partial charge on any atom is -0.456 e. The number of rotatable bonds is 6. The van der Waals surface area contributed by atoms with Crippen LogP contribution in [-0.2, 0) is 6.54 Å². The lowest BCUT2D eigenvalue weighted by molar-refractivity contribution is 0.457. The van der Waals surface area contributed by atoms with Gasteiger partial charge in [0.05, 0.1) is 4.47 Å². The van der Waals surface area contributed by atoms with Gasteiger partial charge in [-0.05, 0) is 59.2 Å². The van der Waals surface area contributed by atoms with E-state index < -0.39 is 0 Å². The predicted molar refractivity (Wildman–Crippen MR) is 82.6 cm³/mol. The standard InChI is InChI=1S/C16H16BrF2NO/c1-2-8-20-10-12-14(19)4-3-5-15(12)21-16-7-6-11(18)9-13(16)17/h3-7,9,20H,2,8,10H2,1H3. The number of ether oxygens (including phenoxy) is 1. The first-order chi connectivity index (χ1) is 10.1. The summed E-state index contributed by atoms with van der Waals surface area (Å²) >= 11 is 3.24. The van der Waals surface area contributed by atoms with Crippen molar-refractivity contribution in [2.75, 3.05) is 6.54 Å². The molecule has 1 N–H and O–H groups in total. The molecular weight excluding hydrogens is 340 g/mol. The highest BCUT2D eigenvalue weighted by Gasteiger charge is 2.12. The molecule has 0 spiro atoms. The van der Waals surface area contributed by atoms with Gasteiger partial charge in [-0.2, -0.15) is 0 Å². The van der Waals surface area contributed by atoms with Crippen LogP contribution in [0.1, 0.15) is 18.9 Å². The zero-order chi connectivity index (χ0) is 15.2. The van der Waals surface area contributed by atoms with Gasteiger partial charge in [0.25, 0.3) is 0 Å². The lowest BCUT2D eigenvalue weighted by Gasteiger charge is -2.13. The Morgan fingerprint density at radius 2 is 1.95 bits per heavy atom. The molecule has 0 aromatic heterocycles. The summed E-state index contributed by atoms with van der Waals surface area (Å²) in [5.74, 6) is 0.178. The maximum absolute atomic E-state index is 14.0. The molecule has 0 aliphatic heterocycles. The Balaban J connectivity index is 2.24. The number of nitrogens with one attached hydrogen (secondary N) is 1. The zero-order valence-corrected chi connectivity index (χ0v) is 13.2. The first-order valence-corrected chi connectivity index (χ1v) is 7.52. The Morgan fingerprint density at radius 1 is 1.14 bits per heavy atom. The smallest absolute Gasteiger partial charge is 0.141 e. The van der Waals surface area contributed by atoms with Crippen molar-refractivity contribution in [1.29, 1.82) is 0 Å². The van der Waals surface area contributed by atoms with Crippen LogP contribution in [0.4, 0.5) is 8.78 Å². The van der Waals surface area contributed by atoms with Crippen molar-refractivity contribution in [3.63, 3.8) is 0 Å². The van der Waals surface area contributed by atoms with Gasteiger partial charge in [0.2, 0.25) is 0 Å². The SMILES string of the molecule is CCCNCc1c(F)cccc1Oc1ccc(F)cc1Br. The van der Waals surface area contributed by atoms with Gasteiger partial charge in [-0.3, -0.25) is 0 Å². The molecule has 2 aromatic rings. The summed E-state index contributed by atoms with van der Waals surface area (Å²) < 4.78 is 33.2. The maximum atomic E-state index is 14.0. The third-order valence-corrected chi connectivity index (χ3v) is 3.54. The normalized spacial score (nSPS) is 10.7. The zero-order valence-electron chi connectivity index (χ0n) is 11.6. The summed E-state index contributed by atoms with van der Waals surface area (Å²) in [7, 11) is 0. The van der Waals surface area contributed by atoms with Gasteiger partial charge in [0, 0.05) is 12.1 Å². The molecule has 2 nitrogen and oxygen atoms in total. The molecule has 2 rings (SSSR count). The molecule has 0 unspecified atom stereocenters. The fourth-order valence-corrected chi connectivity index (χ4v) is 2.30. The largest absolute Gasteiger partial charge is 0.456 e. The third kappa shape index (κ3) is 4.25. The van der Waals surface area contributed by atoms with Crippen LogP contribution in [0.2, 0.25) is 0 Å². The van der Waals surface area contributed by atoms with Crippen molar-refractivity contribution in [2.45, 2.75) is 19.9 Å². The Hall–Kier alpha value is -1.46. The summed E-state index contributed by atoms with van der Waals surface area (Å²) in [4.78, 5) is 0. The van der Waals surface area contributed by atoms with E-state index in [2.05, 4.69) is 21.2 Å². The minimum atomic E-state index is -0.363. The average molecular weight is 356 g/mol. The Labute approximate surface area is 131 Å². The molecule has 0 saturated heterocycles. The van der Waals surface area contributed by atoms with Crippen LogP contribution in [0.15, 0.2) is 40.9 Å². The van der Waals surface area contributed by atoms with Gasteiger partial charge in [0.1, 0.15) is 23.1 Å². The molecule has 0 radical (unpaired) electrons. The van der Waals surface area contributed by atoms with Crippen molar-refractivity contribution in [3.8, 4) is 11.5 Å². The van der Waals surface area contributed by atoms with Crippen LogP contribution < -0.4 is 10.1 Å². The summed E-state index contributed by atoms with van der Waals surface area (Å²) in [5, 5.41) is 3.15. The van der Waals surface area contributed by atoms with Gasteiger partial charge < -0.3 is 10.1 Å². The highest BCUT2D eigenvalue weighted by Crippen LogP contribution is 2.32. The monoisotopic (exact) mass is 355 g/mol. The van der Waals surface area contributed by atoms with E-state index in [1.165, 1.54) is 24.3 Å². The third-order valence-electron chi connectivity index (χ3n) is 2.92. The van der Waals surface area contributed by atoms with Gasteiger partial charge in [0.15, 0.2) is 0 Å². The van der Waals surface area contributed by atoms with Crippen LogP contribution >= 0.6 is 15.9 Å². The number of hydrogen-bond donors (Lipinski definition) is 1. The van der Waals surface area contributed by atoms with Crippen LogP contribution in [0, 0.1) is 11.6 Å². The Bertz CT molecular complexity index is 619. The first-order valence-electron chi connectivity index (χ1n) is 6.73. The molecule has 0 amide bonds. The van der Waals surface area contributed by atoms with Crippen LogP contribution in [0.25, 0.3) is 0 Å². The number of hydrogen-bond acceptors (Lipinski definition) is 2. The van der Waals surface area contributed by atoms with Crippen molar-refractivity contribution in [3.05, 3.63) is 58.1 Å². The summed E-state index contributed by atoms with van der Waals surface area (Å²) in [6.07, 6.45) is 0.966. The fraction of sp³-hybridized carbons (Fsp3) is 0.250. The molecule has 0 bridgehead atoms. The van der Waals surface area contributed by atoms with E-state index in [-0.39, 0.29) is 11.6 Å². The molecule has 0 fully saturated rings. The average Bonchev–Trinajstić information content (AvgIpc) is 2.45. The second-order valence-electron chi connectivity index (χ2n) is 4.57. The maximum Gasteiger partial charge on any atom is 0.141 e. The molecule has 0 aliphatic rings. The van der Waals surface area contributed by atoms with E-state index in [0.717, 1.165) is 13.0 Å². The fourth-order valence-electron chi connectivity index (χ4n) is 1.87. The van der Waals surface area contributed by atoms with Crippen molar-refractivity contribution in [2.24, 2.45) is 0 Å². The van der Waals surface area contributed by atoms with Crippen molar-refractivity contribution >= 4 is 15.9 Å². The van der Waals surface area contributed by atoms with E-state index in [9.17, 15) is 8.78 Å². The van der Waals surface area contributed by atoms with E-state index in [1.54, 1.807) is 12.1 Å². The van der Waals surface area contributed by atoms with Crippen molar-refractivity contribution in [1.82, 2.24) is 5.32 Å². The van der Waals surface area contributed by atoms with Crippen molar-refractivity contribution < 1.29 is 13.5 Å². The molecule has 0 saturated carbocycles. The second kappa shape index (κ2) is 7.52. The number of benzene rings is 2. The summed E-state index contributed by atoms with van der Waals surface area (Å²) in [5.41, 5.74) is 0.460. The predicted octanol–water partition coefficient (Wildman–Crippen LogP) is 5.02. The van der Waals surface area contributed by atoms with Crippen LogP contribution in [0.5, 0.6) is 11.5 Å². The quantitative estimate of drug-likeness (QED) is 0.734. The topological polar surface area (TPSA) is 21.3 Å². The van der Waals surface area contributed by atoms with Crippen LogP contribution in [0.3, 0.4) is 0 Å². The van der Waals surface area contributed by atoms with E-state index in [1.807, 2.05) is 6.92 Å². The highest BCUT2D eigenvalue weighted by molar-refractivity contribution is 9.10. The van der Waals surface area contributed by atoms with Gasteiger partial charge in [-0.15, -0.1) is 0 Å². The van der Waals surface area contributed by atoms with Gasteiger partial charge >= 0.3 is 0 Å². The molecule has 112 valence electrons. The second-order valence-corrected chi connectivity index (χ2v) is 5.42. The highest BCUT2D eigenvalue weighted by atomic mass is 79.9. The number of halogens is 3. The molecule has 5 heteroatoms. The molecule has 0 atom stereocenters. The molecule has 2 aromatic carbocycles. The molecule has 0 aliphatic carbocycles. The molecular formula is C16H16BrF2NO. The summed E-state index contributed by atoms with van der Waals surface area (Å²) in [6, 6.07) is 8.80. The minimum absolute atomic E-state index is 0.325. The van der Waals surface area contributed by atoms with Crippen LogP contribution in [-0.4, -0.2) is 6.54 Å². The van der Waals surface area contributed by atoms with E-state index in [4.69, 9.17) is 4.74 Å². The molecule has 21 heavy (non-hydrogen) atoms. The first kappa shape index (κ1) is 15.9. The Kier molecular flexibility index (Phi) is 5.70. The Morgan fingerprint density at radius 3 is 2.67 bits per heavy atom.